The van der Waals surface area contributed by atoms with E-state index in [4.69, 9.17) is 14.6 Å². The van der Waals surface area contributed by atoms with Gasteiger partial charge in [-0.15, -0.1) is 0 Å². The summed E-state index contributed by atoms with van der Waals surface area (Å²) in [7, 11) is -3.38. The summed E-state index contributed by atoms with van der Waals surface area (Å²) in [5.74, 6) is -0.140. The molecule has 74 valence electrons. The number of ether oxygens (including phenoxy) is 2. The fraction of sp³-hybridized carbons (Fsp3) is 1.00. The van der Waals surface area contributed by atoms with E-state index < -0.39 is 10.0 Å². The van der Waals surface area contributed by atoms with Gasteiger partial charge >= 0.3 is 0 Å². The molecule has 0 unspecified atom stereocenters. The second-order valence-electron chi connectivity index (χ2n) is 2.18. The lowest BCUT2D eigenvalue weighted by Crippen LogP contribution is -2.21. The molecule has 0 radical (unpaired) electrons. The Hall–Kier alpha value is -0.170. The van der Waals surface area contributed by atoms with Crippen molar-refractivity contribution in [1.82, 2.24) is 0 Å². The van der Waals surface area contributed by atoms with Gasteiger partial charge in [-0.2, -0.15) is 0 Å². The molecule has 0 aliphatic carbocycles. The van der Waals surface area contributed by atoms with Gasteiger partial charge < -0.3 is 9.47 Å². The van der Waals surface area contributed by atoms with Crippen molar-refractivity contribution in [3.8, 4) is 0 Å². The van der Waals surface area contributed by atoms with Crippen molar-refractivity contribution >= 4 is 10.0 Å². The quantitative estimate of drug-likeness (QED) is 0.549. The first-order chi connectivity index (χ1) is 5.56. The van der Waals surface area contributed by atoms with Gasteiger partial charge in [-0.3, -0.25) is 0 Å². The van der Waals surface area contributed by atoms with E-state index in [9.17, 15) is 8.42 Å². The number of hydrogen-bond donors (Lipinski definition) is 1. The van der Waals surface area contributed by atoms with Crippen LogP contribution in [-0.4, -0.2) is 40.6 Å². The lowest BCUT2D eigenvalue weighted by Gasteiger charge is -2.02. The monoisotopic (exact) mass is 197 g/mol. The Labute approximate surface area is 72.9 Å². The molecule has 0 aromatic rings. The van der Waals surface area contributed by atoms with Crippen molar-refractivity contribution in [1.29, 1.82) is 0 Å². The van der Waals surface area contributed by atoms with Crippen LogP contribution in [0.2, 0.25) is 0 Å². The molecule has 0 rings (SSSR count). The molecule has 0 aromatic heterocycles. The molecule has 12 heavy (non-hydrogen) atoms. The highest BCUT2D eigenvalue weighted by atomic mass is 32.2. The molecule has 0 amide bonds. The molecule has 2 N–H and O–H groups in total. The molecule has 0 heterocycles. The largest absolute Gasteiger partial charge is 0.379 e. The van der Waals surface area contributed by atoms with E-state index >= 15 is 0 Å². The molecule has 6 heteroatoms. The third kappa shape index (κ3) is 9.83. The van der Waals surface area contributed by atoms with Gasteiger partial charge in [0.05, 0.1) is 25.6 Å². The molecule has 0 fully saturated rings. The molecule has 0 saturated carbocycles. The molecule has 0 aliphatic heterocycles. The third-order valence-electron chi connectivity index (χ3n) is 1.09. The van der Waals surface area contributed by atoms with Crippen LogP contribution in [0.5, 0.6) is 0 Å². The predicted octanol–water partition coefficient (Wildman–Crippen LogP) is -0.672. The third-order valence-corrected chi connectivity index (χ3v) is 1.82. The van der Waals surface area contributed by atoms with E-state index in [-0.39, 0.29) is 12.4 Å². The highest BCUT2D eigenvalue weighted by Gasteiger charge is 2.00. The van der Waals surface area contributed by atoms with Crippen LogP contribution in [0.15, 0.2) is 0 Å². The lowest BCUT2D eigenvalue weighted by molar-refractivity contribution is 0.0590. The van der Waals surface area contributed by atoms with Crippen molar-refractivity contribution in [2.45, 2.75) is 6.92 Å². The van der Waals surface area contributed by atoms with Crippen LogP contribution in [0.25, 0.3) is 0 Å². The van der Waals surface area contributed by atoms with E-state index in [2.05, 4.69) is 0 Å². The summed E-state index contributed by atoms with van der Waals surface area (Å²) < 4.78 is 30.7. The van der Waals surface area contributed by atoms with E-state index in [0.717, 1.165) is 0 Å². The van der Waals surface area contributed by atoms with Gasteiger partial charge in [-0.05, 0) is 6.92 Å². The zero-order valence-corrected chi connectivity index (χ0v) is 7.97. The minimum atomic E-state index is -3.38. The van der Waals surface area contributed by atoms with Crippen LogP contribution in [0.1, 0.15) is 6.92 Å². The van der Waals surface area contributed by atoms with Crippen LogP contribution in [0.3, 0.4) is 0 Å². The molecule has 0 spiro atoms. The van der Waals surface area contributed by atoms with Crippen LogP contribution in [-0.2, 0) is 19.5 Å². The molecule has 0 bridgehead atoms. The second-order valence-corrected chi connectivity index (χ2v) is 3.91. The van der Waals surface area contributed by atoms with E-state index in [1.807, 2.05) is 6.92 Å². The Morgan fingerprint density at radius 2 is 1.75 bits per heavy atom. The van der Waals surface area contributed by atoms with Crippen LogP contribution < -0.4 is 5.14 Å². The Morgan fingerprint density at radius 3 is 2.25 bits per heavy atom. The van der Waals surface area contributed by atoms with E-state index in [1.165, 1.54) is 0 Å². The fourth-order valence-corrected chi connectivity index (χ4v) is 0.889. The van der Waals surface area contributed by atoms with E-state index in [0.29, 0.717) is 19.8 Å². The summed E-state index contributed by atoms with van der Waals surface area (Å²) in [6.07, 6.45) is 0. The Balaban J connectivity index is 3.12. The zero-order valence-electron chi connectivity index (χ0n) is 7.15. The number of nitrogens with two attached hydrogens (primary N) is 1. The normalized spacial score (nSPS) is 11.8. The summed E-state index contributed by atoms with van der Waals surface area (Å²) in [5, 5.41) is 4.74. The molecule has 0 aliphatic rings. The molecule has 0 atom stereocenters. The first kappa shape index (κ1) is 11.8. The Kier molecular flexibility index (Phi) is 6.27. The van der Waals surface area contributed by atoms with Crippen molar-refractivity contribution in [2.24, 2.45) is 5.14 Å². The smallest absolute Gasteiger partial charge is 0.211 e. The summed E-state index contributed by atoms with van der Waals surface area (Å²) in [4.78, 5) is 0. The van der Waals surface area contributed by atoms with Crippen molar-refractivity contribution in [2.75, 3.05) is 32.2 Å². The van der Waals surface area contributed by atoms with Gasteiger partial charge in [-0.25, -0.2) is 13.6 Å². The molecule has 0 aromatic carbocycles. The first-order valence-corrected chi connectivity index (χ1v) is 5.43. The maximum atomic E-state index is 10.4. The van der Waals surface area contributed by atoms with Crippen molar-refractivity contribution < 1.29 is 17.9 Å². The summed E-state index contributed by atoms with van der Waals surface area (Å²) in [5.41, 5.74) is 0. The van der Waals surface area contributed by atoms with Crippen LogP contribution in [0, 0.1) is 0 Å². The molecular weight excluding hydrogens is 182 g/mol. The van der Waals surface area contributed by atoms with Gasteiger partial charge in [0.15, 0.2) is 0 Å². The number of hydrogen-bond acceptors (Lipinski definition) is 4. The standard InChI is InChI=1S/C6H15NO4S/c1-2-10-3-4-11-5-6-12(7,8)9/h2-6H2,1H3,(H2,7,8,9). The zero-order chi connectivity index (χ0) is 9.45. The fourth-order valence-electron chi connectivity index (χ4n) is 0.539. The number of rotatable bonds is 7. The maximum absolute atomic E-state index is 10.4. The second kappa shape index (κ2) is 6.36. The van der Waals surface area contributed by atoms with Gasteiger partial charge in [0, 0.05) is 6.61 Å². The Bertz CT molecular complexity index is 190. The van der Waals surface area contributed by atoms with Gasteiger partial charge in [0.1, 0.15) is 0 Å². The van der Waals surface area contributed by atoms with Crippen LogP contribution in [0.4, 0.5) is 0 Å². The van der Waals surface area contributed by atoms with Gasteiger partial charge in [-0.1, -0.05) is 0 Å². The van der Waals surface area contributed by atoms with Crippen molar-refractivity contribution in [3.63, 3.8) is 0 Å². The molecule has 5 nitrogen and oxygen atoms in total. The summed E-state index contributed by atoms with van der Waals surface area (Å²) in [6.45, 7) is 3.54. The average Bonchev–Trinajstić information content (AvgIpc) is 1.94. The van der Waals surface area contributed by atoms with Crippen molar-refractivity contribution in [3.05, 3.63) is 0 Å². The van der Waals surface area contributed by atoms with Gasteiger partial charge in [0.2, 0.25) is 10.0 Å². The maximum Gasteiger partial charge on any atom is 0.211 e. The average molecular weight is 197 g/mol. The highest BCUT2D eigenvalue weighted by Crippen LogP contribution is 1.81. The minimum Gasteiger partial charge on any atom is -0.379 e. The lowest BCUT2D eigenvalue weighted by atomic mass is 10.7. The SMILES string of the molecule is CCOCCOCCS(N)(=O)=O. The predicted molar refractivity (Wildman–Crippen MR) is 45.3 cm³/mol. The molecule has 0 saturated heterocycles. The van der Waals surface area contributed by atoms with Gasteiger partial charge in [0.25, 0.3) is 0 Å². The summed E-state index contributed by atoms with van der Waals surface area (Å²) >= 11 is 0. The minimum absolute atomic E-state index is 0.131. The molecular formula is C6H15NO4S. The van der Waals surface area contributed by atoms with Crippen LogP contribution >= 0.6 is 0 Å². The Morgan fingerprint density at radius 1 is 1.17 bits per heavy atom. The first-order valence-electron chi connectivity index (χ1n) is 3.72. The number of sulfonamides is 1. The summed E-state index contributed by atoms with van der Waals surface area (Å²) in [6, 6.07) is 0. The van der Waals surface area contributed by atoms with E-state index in [1.54, 1.807) is 0 Å². The highest BCUT2D eigenvalue weighted by molar-refractivity contribution is 7.89. The topological polar surface area (TPSA) is 78.6 Å². The number of primary sulfonamides is 1.